The Bertz CT molecular complexity index is 964. The molecule has 1 atom stereocenters. The van der Waals surface area contributed by atoms with Crippen LogP contribution in [-0.2, 0) is 16.0 Å². The number of amides is 1. The Kier molecular flexibility index (Phi) is 9.21. The van der Waals surface area contributed by atoms with Crippen molar-refractivity contribution in [3.05, 3.63) is 59.7 Å². The average Bonchev–Trinajstić information content (AvgIpc) is 2.78. The molecule has 184 valence electrons. The van der Waals surface area contributed by atoms with Gasteiger partial charge >= 0.3 is 12.1 Å². The lowest BCUT2D eigenvalue weighted by Crippen LogP contribution is -2.41. The van der Waals surface area contributed by atoms with Crippen molar-refractivity contribution in [1.82, 2.24) is 4.90 Å². The average molecular weight is 478 g/mol. The lowest BCUT2D eigenvalue weighted by atomic mass is 9.85. The fourth-order valence-electron chi connectivity index (χ4n) is 3.58. The standard InChI is InChI=1S/C25H29F2NO6/c1-2-32-23(24(29)30)14-17-6-8-19(9-7-17)33-13-12-28(16-18-4-3-5-18)25(31)34-20-10-11-21(26)22(27)15-20/h6-11,15,18,23H,2-5,12-14,16H2,1H3,(H,29,30). The van der Waals surface area contributed by atoms with Crippen LogP contribution in [0.25, 0.3) is 0 Å². The van der Waals surface area contributed by atoms with E-state index in [0.717, 1.165) is 37.0 Å². The van der Waals surface area contributed by atoms with E-state index >= 15 is 0 Å². The molecule has 1 aliphatic carbocycles. The quantitative estimate of drug-likeness (QED) is 0.478. The van der Waals surface area contributed by atoms with Gasteiger partial charge in [0.1, 0.15) is 18.1 Å². The third-order valence-electron chi connectivity index (χ3n) is 5.68. The lowest BCUT2D eigenvalue weighted by Gasteiger charge is -2.31. The van der Waals surface area contributed by atoms with Crippen molar-refractivity contribution in [1.29, 1.82) is 0 Å². The molecule has 0 aromatic heterocycles. The van der Waals surface area contributed by atoms with E-state index in [-0.39, 0.29) is 25.3 Å². The largest absolute Gasteiger partial charge is 0.492 e. The topological polar surface area (TPSA) is 85.3 Å². The summed E-state index contributed by atoms with van der Waals surface area (Å²) in [6, 6.07) is 9.96. The highest BCUT2D eigenvalue weighted by atomic mass is 19.2. The van der Waals surface area contributed by atoms with Gasteiger partial charge in [0.25, 0.3) is 0 Å². The number of nitrogens with zero attached hydrogens (tertiary/aromatic N) is 1. The normalized spacial score (nSPS) is 14.2. The van der Waals surface area contributed by atoms with Crippen molar-refractivity contribution >= 4 is 12.1 Å². The predicted octanol–water partition coefficient (Wildman–Crippen LogP) is 4.68. The molecule has 1 N–H and O–H groups in total. The lowest BCUT2D eigenvalue weighted by molar-refractivity contribution is -0.149. The second-order valence-corrected chi connectivity index (χ2v) is 8.17. The fourth-order valence-corrected chi connectivity index (χ4v) is 3.58. The first-order valence-corrected chi connectivity index (χ1v) is 11.3. The first-order valence-electron chi connectivity index (χ1n) is 11.3. The molecule has 0 radical (unpaired) electrons. The van der Waals surface area contributed by atoms with Crippen molar-refractivity contribution in [3.63, 3.8) is 0 Å². The molecule has 1 saturated carbocycles. The van der Waals surface area contributed by atoms with E-state index in [1.807, 2.05) is 0 Å². The van der Waals surface area contributed by atoms with Crippen LogP contribution in [0.3, 0.4) is 0 Å². The molecule has 0 bridgehead atoms. The number of halogens is 2. The maximum absolute atomic E-state index is 13.4. The van der Waals surface area contributed by atoms with Gasteiger partial charge in [0, 0.05) is 25.6 Å². The smallest absolute Gasteiger partial charge is 0.415 e. The van der Waals surface area contributed by atoms with Crippen LogP contribution in [0.1, 0.15) is 31.7 Å². The molecule has 1 unspecified atom stereocenters. The van der Waals surface area contributed by atoms with Gasteiger partial charge in [-0.1, -0.05) is 18.6 Å². The van der Waals surface area contributed by atoms with E-state index in [9.17, 15) is 23.5 Å². The Morgan fingerprint density at radius 2 is 1.79 bits per heavy atom. The van der Waals surface area contributed by atoms with Gasteiger partial charge in [-0.25, -0.2) is 18.4 Å². The summed E-state index contributed by atoms with van der Waals surface area (Å²) in [5, 5.41) is 9.21. The Labute approximate surface area is 197 Å². The number of hydrogen-bond donors (Lipinski definition) is 1. The number of benzene rings is 2. The highest BCUT2D eigenvalue weighted by Gasteiger charge is 2.25. The van der Waals surface area contributed by atoms with E-state index in [1.165, 1.54) is 11.0 Å². The molecule has 0 aliphatic heterocycles. The molecule has 7 nitrogen and oxygen atoms in total. The monoisotopic (exact) mass is 477 g/mol. The summed E-state index contributed by atoms with van der Waals surface area (Å²) in [5.41, 5.74) is 0.801. The minimum Gasteiger partial charge on any atom is -0.492 e. The molecule has 0 spiro atoms. The van der Waals surface area contributed by atoms with E-state index in [4.69, 9.17) is 14.2 Å². The number of carbonyl (C=O) groups excluding carboxylic acids is 1. The summed E-state index contributed by atoms with van der Waals surface area (Å²) in [6.45, 7) is 3.02. The van der Waals surface area contributed by atoms with Gasteiger partial charge in [0.2, 0.25) is 0 Å². The van der Waals surface area contributed by atoms with Gasteiger partial charge < -0.3 is 24.2 Å². The predicted molar refractivity (Wildman–Crippen MR) is 120 cm³/mol. The maximum Gasteiger partial charge on any atom is 0.415 e. The molecule has 1 amide bonds. The summed E-state index contributed by atoms with van der Waals surface area (Å²) in [5.74, 6) is -2.22. The molecule has 2 aromatic rings. The first kappa shape index (κ1) is 25.4. The minimum absolute atomic E-state index is 0.0641. The highest BCUT2D eigenvalue weighted by Crippen LogP contribution is 2.27. The Morgan fingerprint density at radius 1 is 1.09 bits per heavy atom. The summed E-state index contributed by atoms with van der Waals surface area (Å²) < 4.78 is 42.8. The van der Waals surface area contributed by atoms with Crippen molar-refractivity contribution in [2.24, 2.45) is 5.92 Å². The zero-order valence-electron chi connectivity index (χ0n) is 19.0. The molecule has 0 heterocycles. The van der Waals surface area contributed by atoms with Crippen molar-refractivity contribution in [3.8, 4) is 11.5 Å². The van der Waals surface area contributed by atoms with Crippen LogP contribution in [0.4, 0.5) is 13.6 Å². The SMILES string of the molecule is CCOC(Cc1ccc(OCCN(CC2CCC2)C(=O)Oc2ccc(F)c(F)c2)cc1)C(=O)O. The maximum atomic E-state index is 13.4. The number of aliphatic carboxylic acids is 1. The third kappa shape index (κ3) is 7.41. The second-order valence-electron chi connectivity index (χ2n) is 8.17. The Hall–Kier alpha value is -3.20. The summed E-state index contributed by atoms with van der Waals surface area (Å²) in [6.07, 6.45) is 1.86. The van der Waals surface area contributed by atoms with Crippen LogP contribution in [0.5, 0.6) is 11.5 Å². The molecular weight excluding hydrogens is 448 g/mol. The number of carboxylic acid groups (broad SMARTS) is 1. The fraction of sp³-hybridized carbons (Fsp3) is 0.440. The molecule has 34 heavy (non-hydrogen) atoms. The van der Waals surface area contributed by atoms with Crippen LogP contribution in [0, 0.1) is 17.6 Å². The molecular formula is C25H29F2NO6. The molecule has 9 heteroatoms. The molecule has 2 aromatic carbocycles. The first-order chi connectivity index (χ1) is 16.4. The van der Waals surface area contributed by atoms with E-state index in [2.05, 4.69) is 0 Å². The highest BCUT2D eigenvalue weighted by molar-refractivity contribution is 5.72. The molecule has 1 aliphatic rings. The van der Waals surface area contributed by atoms with Crippen LogP contribution in [0.15, 0.2) is 42.5 Å². The Morgan fingerprint density at radius 3 is 2.38 bits per heavy atom. The number of carboxylic acids is 1. The van der Waals surface area contributed by atoms with Crippen LogP contribution in [-0.4, -0.2) is 54.5 Å². The van der Waals surface area contributed by atoms with Gasteiger partial charge in [0.15, 0.2) is 17.7 Å². The number of carbonyl (C=O) groups is 2. The van der Waals surface area contributed by atoms with Gasteiger partial charge in [-0.05, 0) is 55.5 Å². The molecule has 1 fully saturated rings. The van der Waals surface area contributed by atoms with Gasteiger partial charge in [-0.15, -0.1) is 0 Å². The van der Waals surface area contributed by atoms with Crippen LogP contribution >= 0.6 is 0 Å². The molecule has 3 rings (SSSR count). The number of ether oxygens (including phenoxy) is 3. The minimum atomic E-state index is -1.08. The zero-order chi connectivity index (χ0) is 24.5. The summed E-state index contributed by atoms with van der Waals surface area (Å²) in [7, 11) is 0. The van der Waals surface area contributed by atoms with E-state index in [0.29, 0.717) is 24.8 Å². The van der Waals surface area contributed by atoms with Crippen LogP contribution < -0.4 is 9.47 Å². The Balaban J connectivity index is 1.53. The second kappa shape index (κ2) is 12.3. The van der Waals surface area contributed by atoms with Gasteiger partial charge in [-0.2, -0.15) is 0 Å². The van der Waals surface area contributed by atoms with E-state index in [1.54, 1.807) is 31.2 Å². The van der Waals surface area contributed by atoms with Crippen LogP contribution in [0.2, 0.25) is 0 Å². The van der Waals surface area contributed by atoms with Crippen molar-refractivity contribution < 1.29 is 37.7 Å². The molecule has 0 saturated heterocycles. The number of hydrogen-bond acceptors (Lipinski definition) is 5. The van der Waals surface area contributed by atoms with E-state index < -0.39 is 29.8 Å². The van der Waals surface area contributed by atoms with Gasteiger partial charge in [0.05, 0.1) is 6.54 Å². The summed E-state index contributed by atoms with van der Waals surface area (Å²) >= 11 is 0. The van der Waals surface area contributed by atoms with Crippen molar-refractivity contribution in [2.45, 2.75) is 38.7 Å². The third-order valence-corrected chi connectivity index (χ3v) is 5.68. The van der Waals surface area contributed by atoms with Crippen molar-refractivity contribution in [2.75, 3.05) is 26.3 Å². The number of rotatable bonds is 12. The zero-order valence-corrected chi connectivity index (χ0v) is 19.0. The van der Waals surface area contributed by atoms with Gasteiger partial charge in [-0.3, -0.25) is 0 Å². The summed E-state index contributed by atoms with van der Waals surface area (Å²) in [4.78, 5) is 25.4.